The molecule has 5 N–H and O–H groups in total. The van der Waals surface area contributed by atoms with Gasteiger partial charge in [0, 0.05) is 122 Å². The Morgan fingerprint density at radius 1 is 0.349 bits per heavy atom. The number of halogens is 5. The number of aliphatic hydroxyl groups is 2. The van der Waals surface area contributed by atoms with Crippen molar-refractivity contribution in [3.05, 3.63) is 316 Å². The number of benzene rings is 4. The normalized spacial score (nSPS) is 10.8. The quantitative estimate of drug-likeness (QED) is 0.0299. The molecule has 0 saturated carbocycles. The van der Waals surface area contributed by atoms with Gasteiger partial charge in [-0.25, -0.2) is 19.5 Å². The predicted molar refractivity (Wildman–Crippen MR) is 413 cm³/mol. The van der Waals surface area contributed by atoms with Gasteiger partial charge in [0.2, 0.25) is 19.6 Å². The van der Waals surface area contributed by atoms with Crippen molar-refractivity contribution in [2.75, 3.05) is 24.4 Å². The number of nitrogens with zero attached hydrogens (tertiary/aromatic N) is 12. The molecule has 0 saturated heterocycles. The smallest absolute Gasteiger partial charge is 0.205 e. The van der Waals surface area contributed by atoms with Crippen LogP contribution >= 0.6 is 27.5 Å². The highest BCUT2D eigenvalue weighted by molar-refractivity contribution is 9.09. The molecule has 4 aromatic carbocycles. The highest BCUT2D eigenvalue weighted by Gasteiger charge is 2.14. The molecule has 0 radical (unpaired) electrons. The van der Waals surface area contributed by atoms with Crippen molar-refractivity contribution in [1.29, 1.82) is 0 Å². The number of para-hydroxylation sites is 7. The van der Waals surface area contributed by atoms with Gasteiger partial charge in [0.1, 0.15) is 6.61 Å². The van der Waals surface area contributed by atoms with E-state index in [1.54, 1.807) is 24.8 Å². The standard InChI is InChI=1S/C20H19N4O.2C18H15N4.C10H8N2.C9H19BrO.C9H8ClN.3ClH/c25-14-13-23-9-5-16(6-10-23)17-7-11-24(12-8-17)15-20-21-18-3-1-2-4-19(18)22-20;2*1-2-4-17-16(3-1)20-18(21-17)13-22-11-7-15(8-12-22)14-5-9-19-10-6-14;1-5-11-6-2-9(1)10-3-7-12-8-4-10;10-8-6-4-2-1-3-5-7-9-11;10-6-8-5-7-3-1-2-4-9(7)11-8;;;/h1-12,25H,13-15H2;2*1-12H,13H2,(H,20,21);1-8H;11H,1-9H2;1-4H,5-6H2;3*1H/q3*+1;;;;;;/p-2. The predicted octanol–water partition coefficient (Wildman–Crippen LogP) is 6.58. The van der Waals surface area contributed by atoms with Gasteiger partial charge in [-0.1, -0.05) is 103 Å². The van der Waals surface area contributed by atoms with Crippen molar-refractivity contribution < 1.29 is 65.7 Å². The van der Waals surface area contributed by atoms with Crippen molar-refractivity contribution in [3.63, 3.8) is 0 Å². The maximum Gasteiger partial charge on any atom is 0.205 e. The summed E-state index contributed by atoms with van der Waals surface area (Å²) in [5.41, 5.74) is 19.1. The Hall–Kier alpha value is -10.3. The van der Waals surface area contributed by atoms with Crippen LogP contribution in [0.5, 0.6) is 0 Å². The molecule has 1 aliphatic heterocycles. The molecular weight excluding hydrogens is 1470 g/mol. The van der Waals surface area contributed by atoms with Gasteiger partial charge in [-0.15, -0.1) is 11.6 Å². The Kier molecular flexibility index (Phi) is 34.2. The van der Waals surface area contributed by atoms with Gasteiger partial charge in [0.25, 0.3) is 0 Å². The first kappa shape index (κ1) is 81.4. The Morgan fingerprint density at radius 3 is 0.962 bits per heavy atom. The van der Waals surface area contributed by atoms with E-state index in [2.05, 4.69) is 176 Å². The molecule has 0 amide bonds. The SMILES string of the molecule is ClCC1=Nc2ccccc2C1.OCCCCCCCCCBr.OCC[n+]1ccc(-c2cc[n+](Cc3nc4ccccc4[nH]3)cc2)cc1.[Cl-].[Cl-].[Cl-].c1cc(-c2ccncc2)ccn1.c1ccc2[nH]c(C[n+]3ccc(-c4ccncc4)cc3)nc2c1.c1ccc2[nH]c(C[n+]3ccc(-c4ccncc4)cc3)nc2c1. The molecule has 12 heterocycles. The largest absolute Gasteiger partial charge is 1.00 e. The fourth-order valence-corrected chi connectivity index (χ4v) is 12.0. The van der Waals surface area contributed by atoms with Crippen molar-refractivity contribution in [2.45, 2.75) is 77.5 Å². The first-order chi connectivity index (χ1) is 50.9. The van der Waals surface area contributed by atoms with E-state index in [9.17, 15) is 0 Å². The third-order valence-electron chi connectivity index (χ3n) is 16.9. The topological polar surface area (TPSA) is 206 Å². The monoisotopic (exact) mass is 1550 g/mol. The lowest BCUT2D eigenvalue weighted by atomic mass is 10.1. The minimum atomic E-state index is 0. The van der Waals surface area contributed by atoms with Gasteiger partial charge in [-0.2, -0.15) is 13.7 Å². The second-order valence-electron chi connectivity index (χ2n) is 24.4. The second kappa shape index (κ2) is 44.5. The lowest BCUT2D eigenvalue weighted by Gasteiger charge is -2.00. The van der Waals surface area contributed by atoms with Crippen molar-refractivity contribution in [1.82, 2.24) is 49.8 Å². The molecule has 16 rings (SSSR count). The minimum absolute atomic E-state index is 0. The molecule has 0 spiro atoms. The summed E-state index contributed by atoms with van der Waals surface area (Å²) in [6.07, 6.45) is 40.6. The number of H-pyrrole nitrogens is 3. The summed E-state index contributed by atoms with van der Waals surface area (Å²) in [7, 11) is 0. The number of hydrogen-bond acceptors (Lipinski definition) is 10. The van der Waals surface area contributed by atoms with E-state index in [0.29, 0.717) is 25.6 Å². The zero-order valence-electron chi connectivity index (χ0n) is 58.7. The first-order valence-electron chi connectivity index (χ1n) is 34.7. The Balaban J connectivity index is 0.000000165. The lowest BCUT2D eigenvalue weighted by molar-refractivity contribution is -0.698. The van der Waals surface area contributed by atoms with Gasteiger partial charge in [0.15, 0.2) is 73.6 Å². The number of aromatic nitrogens is 14. The molecule has 17 nitrogen and oxygen atoms in total. The van der Waals surface area contributed by atoms with Crippen LogP contribution in [0.4, 0.5) is 5.69 Å². The average Bonchev–Trinajstić information content (AvgIpc) is 1.77. The van der Waals surface area contributed by atoms with Gasteiger partial charge < -0.3 is 62.4 Å². The van der Waals surface area contributed by atoms with Crippen LogP contribution in [-0.2, 0) is 32.6 Å². The highest BCUT2D eigenvalue weighted by Crippen LogP contribution is 2.26. The number of imidazole rings is 3. The van der Waals surface area contributed by atoms with Crippen molar-refractivity contribution in [2.24, 2.45) is 4.99 Å². The third kappa shape index (κ3) is 25.2. The number of rotatable bonds is 21. The molecular formula is C84H85BrCl4N15O2+. The van der Waals surface area contributed by atoms with Crippen LogP contribution in [0.3, 0.4) is 0 Å². The van der Waals surface area contributed by atoms with Crippen molar-refractivity contribution in [3.8, 4) is 44.5 Å². The molecule has 22 heteroatoms. The molecule has 0 aliphatic carbocycles. The molecule has 0 atom stereocenters. The zero-order chi connectivity index (χ0) is 70.9. The molecule has 11 aromatic heterocycles. The van der Waals surface area contributed by atoms with E-state index in [4.69, 9.17) is 21.8 Å². The summed E-state index contributed by atoms with van der Waals surface area (Å²) >= 11 is 9.08. The number of nitrogens with one attached hydrogen (secondary N) is 3. The summed E-state index contributed by atoms with van der Waals surface area (Å²) in [6, 6.07) is 65.1. The van der Waals surface area contributed by atoms with Crippen LogP contribution in [0.1, 0.15) is 68.0 Å². The number of aliphatic hydroxyl groups excluding tert-OH is 2. The molecule has 106 heavy (non-hydrogen) atoms. The van der Waals surface area contributed by atoms with Gasteiger partial charge in [0.05, 0.1) is 44.7 Å². The molecule has 0 unspecified atom stereocenters. The number of unbranched alkanes of at least 4 members (excludes halogenated alkanes) is 6. The zero-order valence-corrected chi connectivity index (χ0v) is 63.3. The van der Waals surface area contributed by atoms with E-state index >= 15 is 0 Å². The number of pyridine rings is 8. The van der Waals surface area contributed by atoms with E-state index in [1.165, 1.54) is 77.5 Å². The number of hydrogen-bond donors (Lipinski definition) is 5. The summed E-state index contributed by atoms with van der Waals surface area (Å²) in [6.45, 7) is 3.29. The van der Waals surface area contributed by atoms with E-state index in [0.717, 1.165) is 104 Å². The van der Waals surface area contributed by atoms with Crippen LogP contribution in [-0.4, -0.2) is 90.2 Å². The molecule has 15 aromatic rings. The van der Waals surface area contributed by atoms with Gasteiger partial charge >= 0.3 is 0 Å². The van der Waals surface area contributed by atoms with E-state index < -0.39 is 0 Å². The maximum absolute atomic E-state index is 8.97. The molecule has 1 aliphatic rings. The summed E-state index contributed by atoms with van der Waals surface area (Å²) in [5.74, 6) is 3.42. The van der Waals surface area contributed by atoms with Crippen LogP contribution in [0.2, 0.25) is 0 Å². The van der Waals surface area contributed by atoms with Crippen LogP contribution in [0, 0.1) is 0 Å². The maximum atomic E-state index is 8.97. The van der Waals surface area contributed by atoms with Crippen LogP contribution < -0.4 is 55.5 Å². The molecule has 542 valence electrons. The summed E-state index contributed by atoms with van der Waals surface area (Å²) in [4.78, 5) is 44.2. The third-order valence-corrected chi connectivity index (χ3v) is 17.8. The molecule has 0 fully saturated rings. The lowest BCUT2D eigenvalue weighted by Crippen LogP contribution is -3.00. The minimum Gasteiger partial charge on any atom is -1.00 e. The van der Waals surface area contributed by atoms with Crippen molar-refractivity contribution >= 4 is 72.0 Å². The Labute approximate surface area is 650 Å². The van der Waals surface area contributed by atoms with Crippen LogP contribution in [0.15, 0.2) is 298 Å². The fraction of sp³-hybridized carbons (Fsp3) is 0.190. The first-order valence-corrected chi connectivity index (χ1v) is 36.4. The summed E-state index contributed by atoms with van der Waals surface area (Å²) < 4.78 is 8.30. The average molecular weight is 1560 g/mol. The van der Waals surface area contributed by atoms with Gasteiger partial charge in [-0.3, -0.25) is 24.9 Å². The number of aliphatic imine (C=N–C) groups is 1. The number of alkyl halides is 2. The molecule has 0 bridgehead atoms. The second-order valence-corrected chi connectivity index (χ2v) is 25.4. The highest BCUT2D eigenvalue weighted by atomic mass is 79.9. The van der Waals surface area contributed by atoms with Crippen LogP contribution in [0.25, 0.3) is 77.6 Å². The number of fused-ring (bicyclic) bond motifs is 4. The Bertz CT molecular complexity index is 4690. The Morgan fingerprint density at radius 2 is 0.651 bits per heavy atom. The summed E-state index contributed by atoms with van der Waals surface area (Å²) in [5, 5.41) is 18.6. The van der Waals surface area contributed by atoms with Gasteiger partial charge in [-0.05, 0) is 154 Å². The van der Waals surface area contributed by atoms with E-state index in [-0.39, 0.29) is 43.8 Å². The van der Waals surface area contributed by atoms with E-state index in [1.807, 2.05) is 181 Å². The fourth-order valence-electron chi connectivity index (χ4n) is 11.5. The number of aromatic amines is 3.